The fourth-order valence-corrected chi connectivity index (χ4v) is 0. The van der Waals surface area contributed by atoms with E-state index in [-0.39, 0.29) is 6.15 Å². The normalized spacial score (nSPS) is 10.0. The van der Waals surface area contributed by atoms with Gasteiger partial charge >= 0.3 is 6.43 Å². The van der Waals surface area contributed by atoms with Gasteiger partial charge in [-0.3, -0.25) is 0 Å². The monoisotopic (exact) mass is 92.0 g/mol. The Balaban J connectivity index is 0. The Hall–Kier alpha value is -0.371. The third kappa shape index (κ3) is 182. The van der Waals surface area contributed by atoms with Gasteiger partial charge in [-0.1, -0.05) is 0 Å². The number of hydrogen-bond acceptors (Lipinski definition) is 0. The summed E-state index contributed by atoms with van der Waals surface area (Å²) in [4.78, 5) is 0. The first-order valence-corrected chi connectivity index (χ1v) is 0.756. The second-order valence-electron chi connectivity index (χ2n) is 0.429. The molecule has 0 saturated heterocycles. The van der Waals surface area contributed by atoms with E-state index in [2.05, 4.69) is 0 Å². The molecule has 0 amide bonds. The molecular formula is CF4He. The Kier molecular flexibility index (Phi) is 2.94. The molecule has 0 bridgehead atoms. The second kappa shape index (κ2) is 1.92. The van der Waals surface area contributed by atoms with Crippen molar-refractivity contribution in [1.29, 1.82) is 0 Å². The summed E-state index contributed by atoms with van der Waals surface area (Å²) in [5.41, 5.74) is 0. The average Bonchev–Trinajstić information content (AvgIpc) is 0.722. The molecule has 0 aromatic carbocycles. The maximum absolute atomic E-state index is 9.69. The van der Waals surface area contributed by atoms with Gasteiger partial charge in [0.05, 0.1) is 0 Å². The van der Waals surface area contributed by atoms with E-state index < -0.39 is 6.43 Å². The van der Waals surface area contributed by atoms with Gasteiger partial charge in [0.15, 0.2) is 0 Å². The molecule has 0 saturated carbocycles. The van der Waals surface area contributed by atoms with E-state index in [9.17, 15) is 17.6 Å². The number of alkyl halides is 4. The third-order valence-electron chi connectivity index (χ3n) is 0. The molecule has 0 aliphatic carbocycles. The first kappa shape index (κ1) is 9.16. The van der Waals surface area contributed by atoms with Gasteiger partial charge in [-0.25, -0.2) is 0 Å². The minimum atomic E-state index is -5.50. The summed E-state index contributed by atoms with van der Waals surface area (Å²) in [6.07, 6.45) is -5.50. The SMILES string of the molecule is FC(F)(F)F.[He]. The third-order valence-corrected chi connectivity index (χ3v) is 0. The second-order valence-corrected chi connectivity index (χ2v) is 0.429. The molecule has 6 heavy (non-hydrogen) atoms. The summed E-state index contributed by atoms with van der Waals surface area (Å²) in [7, 11) is 0. The van der Waals surface area contributed by atoms with E-state index in [1.165, 1.54) is 0 Å². The van der Waals surface area contributed by atoms with E-state index in [0.717, 1.165) is 0 Å². The van der Waals surface area contributed by atoms with Crippen molar-refractivity contribution in [2.45, 2.75) is 6.43 Å². The van der Waals surface area contributed by atoms with Crippen LogP contribution < -0.4 is 0 Å². The summed E-state index contributed by atoms with van der Waals surface area (Å²) in [6, 6.07) is 0. The molecule has 5 heteroatoms. The quantitative estimate of drug-likeness (QED) is 0.397. The molecule has 0 fully saturated rings. The van der Waals surface area contributed by atoms with Crippen molar-refractivity contribution in [2.24, 2.45) is 0 Å². The van der Waals surface area contributed by atoms with Crippen LogP contribution >= 0.6 is 0 Å². The van der Waals surface area contributed by atoms with Crippen molar-refractivity contribution < 1.29 is 23.7 Å². The zero-order valence-corrected chi connectivity index (χ0v) is 2.72. The van der Waals surface area contributed by atoms with Crippen LogP contribution in [0.2, 0.25) is 0 Å². The van der Waals surface area contributed by atoms with Crippen molar-refractivity contribution in [3.63, 3.8) is 0 Å². The first-order valence-electron chi connectivity index (χ1n) is 0.756. The molecular weight excluding hydrogens is 92.0 g/mol. The maximum atomic E-state index is 9.69. The van der Waals surface area contributed by atoms with Crippen molar-refractivity contribution >= 4 is 0 Å². The van der Waals surface area contributed by atoms with E-state index in [4.69, 9.17) is 0 Å². The Morgan fingerprint density at radius 2 is 0.833 bits per heavy atom. The van der Waals surface area contributed by atoms with Crippen LogP contribution in [0.5, 0.6) is 0 Å². The summed E-state index contributed by atoms with van der Waals surface area (Å²) in [5, 5.41) is 0. The van der Waals surface area contributed by atoms with Crippen molar-refractivity contribution in [1.82, 2.24) is 0 Å². The van der Waals surface area contributed by atoms with Gasteiger partial charge < -0.3 is 0 Å². The summed E-state index contributed by atoms with van der Waals surface area (Å²) in [6.45, 7) is 0. The van der Waals surface area contributed by atoms with Crippen molar-refractivity contribution in [3.8, 4) is 0 Å². The topological polar surface area (TPSA) is 0 Å². The minimum Gasteiger partial charge on any atom is -0.140 e. The maximum Gasteiger partial charge on any atom is 0.559 e. The van der Waals surface area contributed by atoms with Crippen LogP contribution in [-0.4, -0.2) is 6.43 Å². The predicted octanol–water partition coefficient (Wildman–Crippen LogP) is 1.48. The molecule has 0 radical (unpaired) electrons. The van der Waals surface area contributed by atoms with Crippen LogP contribution in [0.4, 0.5) is 17.6 Å². The zero-order valence-electron chi connectivity index (χ0n) is 2.72. The fraction of sp³-hybridized carbons (Fsp3) is 1.00. The van der Waals surface area contributed by atoms with Gasteiger partial charge in [-0.15, -0.1) is 17.6 Å². The van der Waals surface area contributed by atoms with Gasteiger partial charge in [0.1, 0.15) is 0 Å². The van der Waals surface area contributed by atoms with Gasteiger partial charge in [-0.2, -0.15) is 0 Å². The van der Waals surface area contributed by atoms with Crippen molar-refractivity contribution in [2.75, 3.05) is 0 Å². The molecule has 34 valence electrons. The van der Waals surface area contributed by atoms with E-state index in [1.54, 1.807) is 0 Å². The number of rotatable bonds is 0. The van der Waals surface area contributed by atoms with Crippen LogP contribution in [0.25, 0.3) is 0 Å². The van der Waals surface area contributed by atoms with E-state index in [0.29, 0.717) is 0 Å². The summed E-state index contributed by atoms with van der Waals surface area (Å²) in [5.74, 6) is 0. The van der Waals surface area contributed by atoms with Crippen LogP contribution in [0, 0.1) is 6.15 Å². The smallest absolute Gasteiger partial charge is 0.140 e. The zero-order chi connectivity index (χ0) is 4.50. The molecule has 0 N–H and O–H groups in total. The largest absolute Gasteiger partial charge is 0.559 e. The molecule has 0 atom stereocenters. The average molecular weight is 92.0 g/mol. The van der Waals surface area contributed by atoms with Gasteiger partial charge in [0, 0.05) is 6.15 Å². The van der Waals surface area contributed by atoms with Crippen LogP contribution in [0.1, 0.15) is 0 Å². The molecule has 0 aliphatic heterocycles. The van der Waals surface area contributed by atoms with Gasteiger partial charge in [0.2, 0.25) is 0 Å². The van der Waals surface area contributed by atoms with Crippen LogP contribution in [-0.2, 0) is 0 Å². The standard InChI is InChI=1S/CF4.He/c2-1(3,4)5;. The summed E-state index contributed by atoms with van der Waals surface area (Å²) < 4.78 is 38.8. The molecule has 0 heterocycles. The van der Waals surface area contributed by atoms with Crippen LogP contribution in [0.3, 0.4) is 0 Å². The molecule has 0 aliphatic rings. The number of halogens is 4. The van der Waals surface area contributed by atoms with E-state index >= 15 is 0 Å². The minimum absolute atomic E-state index is 0. The Labute approximate surface area is 31.5 Å². The van der Waals surface area contributed by atoms with E-state index in [1.807, 2.05) is 0 Å². The number of hydrogen-bond donors (Lipinski definition) is 0. The summed E-state index contributed by atoms with van der Waals surface area (Å²) >= 11 is 0. The Morgan fingerprint density at radius 3 is 0.833 bits per heavy atom. The molecule has 0 aromatic rings. The van der Waals surface area contributed by atoms with Crippen LogP contribution in [0.15, 0.2) is 0 Å². The molecule has 0 unspecified atom stereocenters. The van der Waals surface area contributed by atoms with Gasteiger partial charge in [-0.05, 0) is 0 Å². The molecule has 0 aromatic heterocycles. The van der Waals surface area contributed by atoms with Gasteiger partial charge in [0.25, 0.3) is 0 Å². The Bertz CT molecular complexity index is 23.0. The molecule has 0 spiro atoms. The Morgan fingerprint density at radius 1 is 0.833 bits per heavy atom. The molecule has 0 rings (SSSR count). The molecule has 0 nitrogen and oxygen atoms in total. The fourth-order valence-electron chi connectivity index (χ4n) is 0. The predicted molar refractivity (Wildman–Crippen MR) is 7.16 cm³/mol. The van der Waals surface area contributed by atoms with Crippen molar-refractivity contribution in [3.05, 3.63) is 0 Å². The first-order chi connectivity index (χ1) is 2.00.